The lowest BCUT2D eigenvalue weighted by atomic mass is 10.1. The second kappa shape index (κ2) is 12.4. The van der Waals surface area contributed by atoms with Crippen molar-refractivity contribution in [2.24, 2.45) is 0 Å². The van der Waals surface area contributed by atoms with E-state index in [0.717, 1.165) is 27.4 Å². The second-order valence-electron chi connectivity index (χ2n) is 7.95. The van der Waals surface area contributed by atoms with Crippen molar-refractivity contribution in [2.75, 3.05) is 40.6 Å². The summed E-state index contributed by atoms with van der Waals surface area (Å²) in [5.74, 6) is 0.634. The lowest BCUT2D eigenvalue weighted by Crippen LogP contribution is -2.50. The molecule has 0 aliphatic rings. The quantitative estimate of drug-likeness (QED) is 0.484. The third kappa shape index (κ3) is 8.03. The van der Waals surface area contributed by atoms with E-state index in [4.69, 9.17) is 9.47 Å². The van der Waals surface area contributed by atoms with Crippen LogP contribution >= 0.6 is 0 Å². The minimum Gasteiger partial charge on any atom is -0.497 e. The molecule has 10 heteroatoms. The summed E-state index contributed by atoms with van der Waals surface area (Å²) in [4.78, 5) is 27.3. The number of amides is 2. The van der Waals surface area contributed by atoms with Gasteiger partial charge in [0.05, 0.1) is 27.0 Å². The van der Waals surface area contributed by atoms with E-state index in [1.807, 2.05) is 24.3 Å². The molecule has 0 saturated carbocycles. The number of hydrogen-bond donors (Lipinski definition) is 1. The number of nitrogens with one attached hydrogen (secondary N) is 1. The topological polar surface area (TPSA) is 105 Å². The van der Waals surface area contributed by atoms with E-state index in [0.29, 0.717) is 18.7 Å². The molecule has 0 aliphatic heterocycles. The Morgan fingerprint density at radius 2 is 1.44 bits per heavy atom. The largest absolute Gasteiger partial charge is 0.497 e. The Bertz CT molecular complexity index is 1060. The Morgan fingerprint density at radius 1 is 0.941 bits per heavy atom. The number of rotatable bonds is 12. The van der Waals surface area contributed by atoms with Crippen LogP contribution in [0.4, 0.5) is 0 Å². The van der Waals surface area contributed by atoms with E-state index in [9.17, 15) is 18.0 Å². The Morgan fingerprint density at radius 3 is 1.91 bits per heavy atom. The van der Waals surface area contributed by atoms with Gasteiger partial charge in [-0.2, -0.15) is 4.31 Å². The van der Waals surface area contributed by atoms with Crippen LogP contribution in [0, 0.1) is 0 Å². The molecule has 2 aromatic carbocycles. The van der Waals surface area contributed by atoms with Crippen LogP contribution in [0.25, 0.3) is 0 Å². The molecule has 9 nitrogen and oxygen atoms in total. The van der Waals surface area contributed by atoms with Crippen LogP contribution in [-0.4, -0.2) is 76.1 Å². The van der Waals surface area contributed by atoms with Crippen LogP contribution < -0.4 is 14.8 Å². The fourth-order valence-electron chi connectivity index (χ4n) is 3.18. The summed E-state index contributed by atoms with van der Waals surface area (Å²) in [6, 6.07) is 13.9. The van der Waals surface area contributed by atoms with Crippen molar-refractivity contribution in [1.82, 2.24) is 14.5 Å². The summed E-state index contributed by atoms with van der Waals surface area (Å²) < 4.78 is 34.9. The third-order valence-corrected chi connectivity index (χ3v) is 6.74. The number of hydrogen-bond acceptors (Lipinski definition) is 6. The van der Waals surface area contributed by atoms with E-state index in [1.165, 1.54) is 11.9 Å². The van der Waals surface area contributed by atoms with Crippen molar-refractivity contribution >= 4 is 21.8 Å². The van der Waals surface area contributed by atoms with Crippen LogP contribution in [0.3, 0.4) is 0 Å². The van der Waals surface area contributed by atoms with Gasteiger partial charge in [0, 0.05) is 20.1 Å². The lowest BCUT2D eigenvalue weighted by molar-refractivity contribution is -0.140. The van der Waals surface area contributed by atoms with Crippen LogP contribution in [0.1, 0.15) is 18.1 Å². The number of methoxy groups -OCH3 is 2. The standard InChI is InChI=1S/C24H33N3O6S/c1-18(24(29)25-15-14-19-6-10-21(32-3)11-7-19)27(23(28)17-26(2)34(5,30)31)16-20-8-12-22(33-4)13-9-20/h6-13,18H,14-17H2,1-5H3,(H,25,29)/t18-/m0/s1. The second-order valence-corrected chi connectivity index (χ2v) is 10.0. The summed E-state index contributed by atoms with van der Waals surface area (Å²) >= 11 is 0. The van der Waals surface area contributed by atoms with Crippen LogP contribution in [0.5, 0.6) is 11.5 Å². The molecule has 2 aromatic rings. The average molecular weight is 492 g/mol. The monoisotopic (exact) mass is 491 g/mol. The average Bonchev–Trinajstić information content (AvgIpc) is 2.82. The highest BCUT2D eigenvalue weighted by Crippen LogP contribution is 2.16. The molecule has 34 heavy (non-hydrogen) atoms. The first-order chi connectivity index (χ1) is 16.0. The number of ether oxygens (including phenoxy) is 2. The maximum absolute atomic E-state index is 13.0. The molecule has 1 atom stereocenters. The van der Waals surface area contributed by atoms with Gasteiger partial charge in [-0.25, -0.2) is 8.42 Å². The Labute approximate surface area is 201 Å². The number of sulfonamides is 1. The lowest BCUT2D eigenvalue weighted by Gasteiger charge is -2.30. The highest BCUT2D eigenvalue weighted by molar-refractivity contribution is 7.88. The summed E-state index contributed by atoms with van der Waals surface area (Å²) in [6.45, 7) is 1.81. The Hall–Kier alpha value is -3.11. The van der Waals surface area contributed by atoms with Crippen LogP contribution in [0.15, 0.2) is 48.5 Å². The maximum atomic E-state index is 13.0. The highest BCUT2D eigenvalue weighted by atomic mass is 32.2. The zero-order valence-corrected chi connectivity index (χ0v) is 21.1. The number of likely N-dealkylation sites (N-methyl/N-ethyl adjacent to an activating group) is 1. The van der Waals surface area contributed by atoms with Crippen molar-refractivity contribution < 1.29 is 27.5 Å². The SMILES string of the molecule is COc1ccc(CCNC(=O)[C@H](C)N(Cc2ccc(OC)cc2)C(=O)CN(C)S(C)(=O)=O)cc1. The molecule has 1 N–H and O–H groups in total. The van der Waals surface area contributed by atoms with Gasteiger partial charge in [-0.3, -0.25) is 9.59 Å². The van der Waals surface area contributed by atoms with Gasteiger partial charge < -0.3 is 19.7 Å². The summed E-state index contributed by atoms with van der Waals surface area (Å²) in [5.41, 5.74) is 1.82. The Kier molecular flexibility index (Phi) is 9.88. The maximum Gasteiger partial charge on any atom is 0.242 e. The molecule has 0 saturated heterocycles. The normalized spacial score (nSPS) is 12.2. The van der Waals surface area contributed by atoms with Gasteiger partial charge in [0.15, 0.2) is 0 Å². The predicted octanol–water partition coefficient (Wildman–Crippen LogP) is 1.67. The molecule has 0 unspecified atom stereocenters. The van der Waals surface area contributed by atoms with E-state index >= 15 is 0 Å². The van der Waals surface area contributed by atoms with Crippen molar-refractivity contribution in [3.63, 3.8) is 0 Å². The van der Waals surface area contributed by atoms with Crippen LogP contribution in [-0.2, 0) is 32.6 Å². The minimum absolute atomic E-state index is 0.146. The fraction of sp³-hybridized carbons (Fsp3) is 0.417. The van der Waals surface area contributed by atoms with E-state index in [1.54, 1.807) is 45.4 Å². The van der Waals surface area contributed by atoms with Gasteiger partial charge in [-0.1, -0.05) is 24.3 Å². The fourth-order valence-corrected chi connectivity index (χ4v) is 3.52. The first kappa shape index (κ1) is 27.1. The molecule has 0 aromatic heterocycles. The summed E-state index contributed by atoms with van der Waals surface area (Å²) in [7, 11) is 0.943. The van der Waals surface area contributed by atoms with Gasteiger partial charge >= 0.3 is 0 Å². The van der Waals surface area contributed by atoms with E-state index < -0.39 is 22.0 Å². The number of carbonyl (C=O) groups excluding carboxylic acids is 2. The molecule has 0 fully saturated rings. The van der Waals surface area contributed by atoms with Crippen molar-refractivity contribution in [3.05, 3.63) is 59.7 Å². The summed E-state index contributed by atoms with van der Waals surface area (Å²) in [6.07, 6.45) is 1.65. The molecular weight excluding hydrogens is 458 g/mol. The number of carbonyl (C=O) groups is 2. The number of benzene rings is 2. The van der Waals surface area contributed by atoms with Crippen molar-refractivity contribution in [1.29, 1.82) is 0 Å². The molecule has 0 spiro atoms. The van der Waals surface area contributed by atoms with E-state index in [2.05, 4.69) is 5.32 Å². The zero-order chi connectivity index (χ0) is 25.3. The first-order valence-corrected chi connectivity index (χ1v) is 12.6. The summed E-state index contributed by atoms with van der Waals surface area (Å²) in [5, 5.41) is 2.87. The molecular formula is C24H33N3O6S. The highest BCUT2D eigenvalue weighted by Gasteiger charge is 2.28. The molecule has 0 radical (unpaired) electrons. The van der Waals surface area contributed by atoms with Crippen LogP contribution in [0.2, 0.25) is 0 Å². The zero-order valence-electron chi connectivity index (χ0n) is 20.3. The van der Waals surface area contributed by atoms with Crippen molar-refractivity contribution in [3.8, 4) is 11.5 Å². The first-order valence-electron chi connectivity index (χ1n) is 10.8. The van der Waals surface area contributed by atoms with Gasteiger partial charge in [0.1, 0.15) is 17.5 Å². The molecule has 0 aliphatic carbocycles. The molecule has 2 amide bonds. The van der Waals surface area contributed by atoms with E-state index in [-0.39, 0.29) is 19.0 Å². The molecule has 0 heterocycles. The predicted molar refractivity (Wildman–Crippen MR) is 130 cm³/mol. The van der Waals surface area contributed by atoms with Gasteiger partial charge in [0.2, 0.25) is 21.8 Å². The number of nitrogens with zero attached hydrogens (tertiary/aromatic N) is 2. The van der Waals surface area contributed by atoms with Gasteiger partial charge in [-0.05, 0) is 48.7 Å². The van der Waals surface area contributed by atoms with Gasteiger partial charge in [0.25, 0.3) is 0 Å². The molecule has 0 bridgehead atoms. The minimum atomic E-state index is -3.55. The van der Waals surface area contributed by atoms with Crippen molar-refractivity contribution in [2.45, 2.75) is 25.9 Å². The Balaban J connectivity index is 2.09. The molecule has 186 valence electrons. The smallest absolute Gasteiger partial charge is 0.242 e. The molecule has 2 rings (SSSR count). The van der Waals surface area contributed by atoms with Gasteiger partial charge in [-0.15, -0.1) is 0 Å². The third-order valence-electron chi connectivity index (χ3n) is 5.48.